The summed E-state index contributed by atoms with van der Waals surface area (Å²) in [7, 11) is 0. The van der Waals surface area contributed by atoms with E-state index in [9.17, 15) is 9.59 Å². The fourth-order valence-electron chi connectivity index (χ4n) is 2.75. The summed E-state index contributed by atoms with van der Waals surface area (Å²) < 4.78 is 11.4. The van der Waals surface area contributed by atoms with Crippen LogP contribution in [-0.2, 0) is 4.74 Å². The summed E-state index contributed by atoms with van der Waals surface area (Å²) in [5.41, 5.74) is 1.58. The van der Waals surface area contributed by atoms with Crippen molar-refractivity contribution in [2.45, 2.75) is 25.9 Å². The van der Waals surface area contributed by atoms with Gasteiger partial charge < -0.3 is 14.8 Å². The summed E-state index contributed by atoms with van der Waals surface area (Å²) in [5, 5.41) is 2.82. The van der Waals surface area contributed by atoms with Crippen LogP contribution < -0.4 is 10.1 Å². The number of amides is 1. The van der Waals surface area contributed by atoms with Crippen LogP contribution in [0.25, 0.3) is 0 Å². The number of ketones is 1. The van der Waals surface area contributed by atoms with Crippen molar-refractivity contribution in [2.75, 3.05) is 18.5 Å². The number of hydrogen-bond donors (Lipinski definition) is 1. The molecule has 1 fully saturated rings. The standard InChI is InChI=1S/C20H21NO4/c1-14(22)15-6-4-7-16(12-15)21-20(23)18-9-2-3-10-19(18)25-13-17-8-5-11-24-17/h2-4,6-7,9-10,12,17H,5,8,11,13H2,1H3,(H,21,23)/t17-/m0/s1. The number of rotatable bonds is 6. The number of para-hydroxylation sites is 1. The van der Waals surface area contributed by atoms with Crippen LogP contribution in [-0.4, -0.2) is 31.0 Å². The molecular weight excluding hydrogens is 318 g/mol. The molecule has 3 rings (SSSR count). The molecule has 0 aromatic heterocycles. The number of anilines is 1. The van der Waals surface area contributed by atoms with Gasteiger partial charge in [0.2, 0.25) is 0 Å². The van der Waals surface area contributed by atoms with Crippen molar-refractivity contribution in [2.24, 2.45) is 0 Å². The Morgan fingerprint density at radius 3 is 2.80 bits per heavy atom. The van der Waals surface area contributed by atoms with Gasteiger partial charge in [-0.2, -0.15) is 0 Å². The molecule has 0 unspecified atom stereocenters. The Morgan fingerprint density at radius 2 is 2.04 bits per heavy atom. The third kappa shape index (κ3) is 4.45. The Bertz CT molecular complexity index is 766. The number of benzene rings is 2. The SMILES string of the molecule is CC(=O)c1cccc(NC(=O)c2ccccc2OC[C@@H]2CCCO2)c1. The highest BCUT2D eigenvalue weighted by molar-refractivity contribution is 6.06. The zero-order valence-electron chi connectivity index (χ0n) is 14.2. The zero-order chi connectivity index (χ0) is 17.6. The first kappa shape index (κ1) is 17.2. The van der Waals surface area contributed by atoms with Crippen molar-refractivity contribution < 1.29 is 19.1 Å². The summed E-state index contributed by atoms with van der Waals surface area (Å²) in [5.74, 6) is 0.207. The van der Waals surface area contributed by atoms with Crippen LogP contribution in [0, 0.1) is 0 Å². The summed E-state index contributed by atoms with van der Waals surface area (Å²) >= 11 is 0. The van der Waals surface area contributed by atoms with E-state index in [2.05, 4.69) is 5.32 Å². The highest BCUT2D eigenvalue weighted by atomic mass is 16.5. The molecule has 1 N–H and O–H groups in total. The van der Waals surface area contributed by atoms with Crippen LogP contribution in [0.15, 0.2) is 48.5 Å². The van der Waals surface area contributed by atoms with Crippen LogP contribution >= 0.6 is 0 Å². The van der Waals surface area contributed by atoms with Gasteiger partial charge in [0.25, 0.3) is 5.91 Å². The number of ether oxygens (including phenoxy) is 2. The zero-order valence-corrected chi connectivity index (χ0v) is 14.2. The molecule has 1 amide bonds. The van der Waals surface area contributed by atoms with E-state index in [1.165, 1.54) is 6.92 Å². The lowest BCUT2D eigenvalue weighted by Crippen LogP contribution is -2.19. The lowest BCUT2D eigenvalue weighted by molar-refractivity contribution is 0.0673. The molecule has 1 saturated heterocycles. The average molecular weight is 339 g/mol. The Balaban J connectivity index is 1.71. The number of hydrogen-bond acceptors (Lipinski definition) is 4. The van der Waals surface area contributed by atoms with E-state index in [1.54, 1.807) is 42.5 Å². The van der Waals surface area contributed by atoms with Gasteiger partial charge in [0, 0.05) is 17.9 Å². The molecule has 0 bridgehead atoms. The van der Waals surface area contributed by atoms with Gasteiger partial charge in [-0.05, 0) is 44.0 Å². The summed E-state index contributed by atoms with van der Waals surface area (Å²) in [4.78, 5) is 24.1. The Labute approximate surface area is 147 Å². The monoisotopic (exact) mass is 339 g/mol. The second-order valence-electron chi connectivity index (χ2n) is 6.03. The molecule has 0 aliphatic carbocycles. The van der Waals surface area contributed by atoms with Gasteiger partial charge in [0.1, 0.15) is 12.4 Å². The summed E-state index contributed by atoms with van der Waals surface area (Å²) in [6, 6.07) is 14.0. The van der Waals surface area contributed by atoms with Crippen LogP contribution in [0.5, 0.6) is 5.75 Å². The van der Waals surface area contributed by atoms with Gasteiger partial charge >= 0.3 is 0 Å². The topological polar surface area (TPSA) is 64.6 Å². The molecule has 1 heterocycles. The van der Waals surface area contributed by atoms with E-state index in [-0.39, 0.29) is 17.8 Å². The van der Waals surface area contributed by atoms with Crippen molar-refractivity contribution >= 4 is 17.4 Å². The third-order valence-corrected chi connectivity index (χ3v) is 4.11. The van der Waals surface area contributed by atoms with Crippen molar-refractivity contribution in [1.82, 2.24) is 0 Å². The van der Waals surface area contributed by atoms with Gasteiger partial charge in [0.05, 0.1) is 11.7 Å². The van der Waals surface area contributed by atoms with E-state index in [4.69, 9.17) is 9.47 Å². The van der Waals surface area contributed by atoms with Crippen molar-refractivity contribution in [3.05, 3.63) is 59.7 Å². The predicted molar refractivity (Wildman–Crippen MR) is 95.3 cm³/mol. The van der Waals surface area contributed by atoms with Crippen molar-refractivity contribution in [1.29, 1.82) is 0 Å². The van der Waals surface area contributed by atoms with Gasteiger partial charge in [-0.3, -0.25) is 9.59 Å². The highest BCUT2D eigenvalue weighted by Crippen LogP contribution is 2.22. The molecular formula is C20H21NO4. The Hall–Kier alpha value is -2.66. The summed E-state index contributed by atoms with van der Waals surface area (Å²) in [6.45, 7) is 2.70. The number of nitrogens with one attached hydrogen (secondary N) is 1. The first-order chi connectivity index (χ1) is 12.1. The van der Waals surface area contributed by atoms with E-state index in [0.717, 1.165) is 19.4 Å². The van der Waals surface area contributed by atoms with Crippen LogP contribution in [0.1, 0.15) is 40.5 Å². The van der Waals surface area contributed by atoms with Crippen LogP contribution in [0.3, 0.4) is 0 Å². The van der Waals surface area contributed by atoms with Gasteiger partial charge in [-0.15, -0.1) is 0 Å². The quantitative estimate of drug-likeness (QED) is 0.815. The van der Waals surface area contributed by atoms with Crippen molar-refractivity contribution in [3.8, 4) is 5.75 Å². The molecule has 5 nitrogen and oxygen atoms in total. The van der Waals surface area contributed by atoms with Crippen LogP contribution in [0.4, 0.5) is 5.69 Å². The minimum Gasteiger partial charge on any atom is -0.490 e. The maximum atomic E-state index is 12.6. The normalized spacial score (nSPS) is 16.4. The number of carbonyl (C=O) groups excluding carboxylic acids is 2. The van der Waals surface area contributed by atoms with Crippen LogP contribution in [0.2, 0.25) is 0 Å². The molecule has 5 heteroatoms. The summed E-state index contributed by atoms with van der Waals surface area (Å²) in [6.07, 6.45) is 2.11. The molecule has 0 saturated carbocycles. The molecule has 1 atom stereocenters. The molecule has 0 radical (unpaired) electrons. The molecule has 1 aliphatic rings. The minimum atomic E-state index is -0.274. The van der Waals surface area contributed by atoms with E-state index < -0.39 is 0 Å². The predicted octanol–water partition coefficient (Wildman–Crippen LogP) is 3.70. The Morgan fingerprint density at radius 1 is 1.20 bits per heavy atom. The maximum absolute atomic E-state index is 12.6. The third-order valence-electron chi connectivity index (χ3n) is 4.11. The molecule has 2 aromatic rings. The fourth-order valence-corrected chi connectivity index (χ4v) is 2.75. The Kier molecular flexibility index (Phi) is 5.46. The van der Waals surface area contributed by atoms with Gasteiger partial charge in [0.15, 0.2) is 5.78 Å². The lowest BCUT2D eigenvalue weighted by atomic mass is 10.1. The smallest absolute Gasteiger partial charge is 0.259 e. The molecule has 0 spiro atoms. The van der Waals surface area contributed by atoms with Crippen molar-refractivity contribution in [3.63, 3.8) is 0 Å². The lowest BCUT2D eigenvalue weighted by Gasteiger charge is -2.14. The molecule has 130 valence electrons. The second kappa shape index (κ2) is 7.94. The van der Waals surface area contributed by atoms with E-state index in [0.29, 0.717) is 29.2 Å². The average Bonchev–Trinajstić information content (AvgIpc) is 3.14. The van der Waals surface area contributed by atoms with Gasteiger partial charge in [-0.25, -0.2) is 0 Å². The largest absolute Gasteiger partial charge is 0.490 e. The number of carbonyl (C=O) groups is 2. The number of Topliss-reactive ketones (excluding diaryl/α,β-unsaturated/α-hetero) is 1. The van der Waals surface area contributed by atoms with E-state index in [1.807, 2.05) is 6.07 Å². The molecule has 2 aromatic carbocycles. The maximum Gasteiger partial charge on any atom is 0.259 e. The first-order valence-corrected chi connectivity index (χ1v) is 8.39. The fraction of sp³-hybridized carbons (Fsp3) is 0.300. The second-order valence-corrected chi connectivity index (χ2v) is 6.03. The minimum absolute atomic E-state index is 0.0450. The first-order valence-electron chi connectivity index (χ1n) is 8.39. The van der Waals surface area contributed by atoms with E-state index >= 15 is 0 Å². The van der Waals surface area contributed by atoms with Gasteiger partial charge in [-0.1, -0.05) is 24.3 Å². The molecule has 25 heavy (non-hydrogen) atoms. The molecule has 1 aliphatic heterocycles. The highest BCUT2D eigenvalue weighted by Gasteiger charge is 2.18.